The topological polar surface area (TPSA) is 63.7 Å². The summed E-state index contributed by atoms with van der Waals surface area (Å²) >= 11 is 6.17. The molecule has 0 bridgehead atoms. The van der Waals surface area contributed by atoms with Crippen LogP contribution in [0.4, 0.5) is 5.82 Å². The minimum atomic E-state index is -0.229. The number of amides is 1. The van der Waals surface area contributed by atoms with Crippen molar-refractivity contribution in [1.82, 2.24) is 10.3 Å². The number of halogens is 1. The van der Waals surface area contributed by atoms with E-state index in [0.717, 1.165) is 24.5 Å². The van der Waals surface area contributed by atoms with E-state index in [0.29, 0.717) is 28.6 Å². The first-order valence-corrected chi connectivity index (χ1v) is 8.89. The summed E-state index contributed by atoms with van der Waals surface area (Å²) in [6, 6.07) is 7.11. The summed E-state index contributed by atoms with van der Waals surface area (Å²) in [6.07, 6.45) is 4.17. The smallest absolute Gasteiger partial charge is 0.251 e. The molecular weight excluding hydrogens is 354 g/mol. The molecule has 0 atom stereocenters. The van der Waals surface area contributed by atoms with Crippen LogP contribution in [0.25, 0.3) is 0 Å². The molecule has 1 aromatic carbocycles. The summed E-state index contributed by atoms with van der Waals surface area (Å²) < 4.78 is 10.4. The molecule has 138 valence electrons. The van der Waals surface area contributed by atoms with Gasteiger partial charge in [0.05, 0.1) is 19.2 Å². The molecule has 26 heavy (non-hydrogen) atoms. The Morgan fingerprint density at radius 3 is 2.69 bits per heavy atom. The first kappa shape index (κ1) is 18.3. The van der Waals surface area contributed by atoms with Crippen LogP contribution in [0.15, 0.2) is 30.5 Å². The fourth-order valence-electron chi connectivity index (χ4n) is 3.02. The number of methoxy groups -OCH3 is 2. The van der Waals surface area contributed by atoms with E-state index in [1.807, 2.05) is 12.1 Å². The largest absolute Gasteiger partial charge is 0.493 e. The Morgan fingerprint density at radius 2 is 2.00 bits per heavy atom. The van der Waals surface area contributed by atoms with Gasteiger partial charge in [-0.25, -0.2) is 4.98 Å². The molecule has 0 radical (unpaired) electrons. The molecule has 0 unspecified atom stereocenters. The summed E-state index contributed by atoms with van der Waals surface area (Å²) in [5.74, 6) is 1.57. The van der Waals surface area contributed by atoms with Crippen molar-refractivity contribution in [3.63, 3.8) is 0 Å². The van der Waals surface area contributed by atoms with E-state index in [9.17, 15) is 4.79 Å². The van der Waals surface area contributed by atoms with Crippen molar-refractivity contribution >= 4 is 23.3 Å². The molecule has 2 aromatic rings. The van der Waals surface area contributed by atoms with Gasteiger partial charge in [-0.2, -0.15) is 0 Å². The van der Waals surface area contributed by atoms with E-state index in [-0.39, 0.29) is 5.91 Å². The molecule has 0 saturated carbocycles. The van der Waals surface area contributed by atoms with Crippen LogP contribution < -0.4 is 19.7 Å². The molecule has 1 aliphatic rings. The number of ether oxygens (including phenoxy) is 2. The van der Waals surface area contributed by atoms with Crippen LogP contribution in [0.2, 0.25) is 5.02 Å². The molecule has 1 aliphatic heterocycles. The summed E-state index contributed by atoms with van der Waals surface area (Å²) in [7, 11) is 3.01. The van der Waals surface area contributed by atoms with E-state index < -0.39 is 0 Å². The van der Waals surface area contributed by atoms with Crippen LogP contribution in [-0.2, 0) is 6.54 Å². The fraction of sp³-hybridized carbons (Fsp3) is 0.368. The second-order valence-electron chi connectivity index (χ2n) is 6.09. The third-order valence-corrected chi connectivity index (χ3v) is 4.67. The van der Waals surface area contributed by atoms with Crippen LogP contribution in [-0.4, -0.2) is 38.2 Å². The highest BCUT2D eigenvalue weighted by atomic mass is 35.5. The summed E-state index contributed by atoms with van der Waals surface area (Å²) in [5.41, 5.74) is 1.42. The second-order valence-corrected chi connectivity index (χ2v) is 6.50. The van der Waals surface area contributed by atoms with E-state index in [1.165, 1.54) is 27.1 Å². The highest BCUT2D eigenvalue weighted by Gasteiger charge is 2.16. The number of benzene rings is 1. The predicted molar refractivity (Wildman–Crippen MR) is 101 cm³/mol. The molecule has 2 heterocycles. The molecule has 7 heteroatoms. The lowest BCUT2D eigenvalue weighted by Crippen LogP contribution is -2.23. The maximum absolute atomic E-state index is 12.5. The average molecular weight is 376 g/mol. The van der Waals surface area contributed by atoms with Crippen molar-refractivity contribution in [2.75, 3.05) is 32.2 Å². The van der Waals surface area contributed by atoms with Crippen molar-refractivity contribution in [1.29, 1.82) is 0 Å². The Bertz CT molecular complexity index is 792. The Kier molecular flexibility index (Phi) is 5.83. The molecule has 1 N–H and O–H groups in total. The molecule has 1 fully saturated rings. The van der Waals surface area contributed by atoms with E-state index in [4.69, 9.17) is 21.1 Å². The van der Waals surface area contributed by atoms with Gasteiger partial charge >= 0.3 is 0 Å². The van der Waals surface area contributed by atoms with Crippen molar-refractivity contribution in [3.8, 4) is 11.5 Å². The zero-order valence-corrected chi connectivity index (χ0v) is 15.7. The molecule has 0 spiro atoms. The van der Waals surface area contributed by atoms with Crippen molar-refractivity contribution in [3.05, 3.63) is 46.6 Å². The van der Waals surface area contributed by atoms with E-state index >= 15 is 0 Å². The lowest BCUT2D eigenvalue weighted by Gasteiger charge is -2.17. The number of hydrogen-bond donors (Lipinski definition) is 1. The van der Waals surface area contributed by atoms with Crippen LogP contribution in [0.1, 0.15) is 28.8 Å². The standard InChI is InChI=1S/C19H22ClN3O3/c1-25-16-11-14(10-15(20)18(16)26-2)19(24)22-12-13-5-6-21-17(9-13)23-7-3-4-8-23/h5-6,9-11H,3-4,7-8,12H2,1-2H3,(H,22,24). The maximum Gasteiger partial charge on any atom is 0.251 e. The van der Waals surface area contributed by atoms with Crippen molar-refractivity contribution in [2.45, 2.75) is 19.4 Å². The SMILES string of the molecule is COc1cc(C(=O)NCc2ccnc(N3CCCC3)c2)cc(Cl)c1OC. The number of anilines is 1. The third-order valence-electron chi connectivity index (χ3n) is 4.39. The summed E-state index contributed by atoms with van der Waals surface area (Å²) in [6.45, 7) is 2.48. The maximum atomic E-state index is 12.5. The summed E-state index contributed by atoms with van der Waals surface area (Å²) in [5, 5.41) is 3.24. The van der Waals surface area contributed by atoms with Crippen LogP contribution in [0.3, 0.4) is 0 Å². The van der Waals surface area contributed by atoms with Gasteiger partial charge in [-0.15, -0.1) is 0 Å². The van der Waals surface area contributed by atoms with Gasteiger partial charge in [0.25, 0.3) is 5.91 Å². The number of carbonyl (C=O) groups excluding carboxylic acids is 1. The zero-order valence-electron chi connectivity index (χ0n) is 14.9. The molecule has 6 nitrogen and oxygen atoms in total. The second kappa shape index (κ2) is 8.27. The Labute approximate surface area is 158 Å². The lowest BCUT2D eigenvalue weighted by molar-refractivity contribution is 0.0950. The van der Waals surface area contributed by atoms with Gasteiger partial charge < -0.3 is 19.7 Å². The predicted octanol–water partition coefficient (Wildman–Crippen LogP) is 3.28. The normalized spacial score (nSPS) is 13.6. The zero-order chi connectivity index (χ0) is 18.5. The molecule has 1 saturated heterocycles. The van der Waals surface area contributed by atoms with Gasteiger partial charge in [-0.1, -0.05) is 11.6 Å². The highest BCUT2D eigenvalue weighted by Crippen LogP contribution is 2.36. The molecule has 1 amide bonds. The molecular formula is C19H22ClN3O3. The van der Waals surface area contributed by atoms with Crippen LogP contribution in [0.5, 0.6) is 11.5 Å². The third kappa shape index (κ3) is 4.02. The number of rotatable bonds is 6. The minimum Gasteiger partial charge on any atom is -0.493 e. The molecule has 3 rings (SSSR count). The number of pyridine rings is 1. The molecule has 0 aliphatic carbocycles. The van der Waals surface area contributed by atoms with Crippen LogP contribution in [0, 0.1) is 0 Å². The van der Waals surface area contributed by atoms with E-state index in [1.54, 1.807) is 18.3 Å². The lowest BCUT2D eigenvalue weighted by atomic mass is 10.1. The van der Waals surface area contributed by atoms with Gasteiger partial charge in [0.2, 0.25) is 0 Å². The Hall–Kier alpha value is -2.47. The Morgan fingerprint density at radius 1 is 1.23 bits per heavy atom. The van der Waals surface area contributed by atoms with Gasteiger partial charge in [-0.3, -0.25) is 4.79 Å². The van der Waals surface area contributed by atoms with Crippen molar-refractivity contribution in [2.24, 2.45) is 0 Å². The number of nitrogens with zero attached hydrogens (tertiary/aromatic N) is 2. The van der Waals surface area contributed by atoms with Gasteiger partial charge in [0.15, 0.2) is 11.5 Å². The average Bonchev–Trinajstić information content (AvgIpc) is 3.20. The van der Waals surface area contributed by atoms with Gasteiger partial charge in [-0.05, 0) is 42.7 Å². The number of nitrogens with one attached hydrogen (secondary N) is 1. The first-order chi connectivity index (χ1) is 12.6. The van der Waals surface area contributed by atoms with E-state index in [2.05, 4.69) is 15.2 Å². The highest BCUT2D eigenvalue weighted by molar-refractivity contribution is 6.32. The number of hydrogen-bond acceptors (Lipinski definition) is 5. The number of carbonyl (C=O) groups is 1. The van der Waals surface area contributed by atoms with Gasteiger partial charge in [0, 0.05) is 31.4 Å². The molecule has 1 aromatic heterocycles. The Balaban J connectivity index is 1.69. The van der Waals surface area contributed by atoms with Crippen LogP contribution >= 0.6 is 11.6 Å². The minimum absolute atomic E-state index is 0.229. The monoisotopic (exact) mass is 375 g/mol. The quantitative estimate of drug-likeness (QED) is 0.839. The van der Waals surface area contributed by atoms with Gasteiger partial charge in [0.1, 0.15) is 5.82 Å². The van der Waals surface area contributed by atoms with Crippen molar-refractivity contribution < 1.29 is 14.3 Å². The first-order valence-electron chi connectivity index (χ1n) is 8.52. The summed E-state index contributed by atoms with van der Waals surface area (Å²) in [4.78, 5) is 19.2. The number of aromatic nitrogens is 1. The fourth-order valence-corrected chi connectivity index (χ4v) is 3.31.